The van der Waals surface area contributed by atoms with Crippen molar-refractivity contribution in [3.8, 4) is 0 Å². The van der Waals surface area contributed by atoms with Crippen molar-refractivity contribution in [2.75, 3.05) is 19.6 Å². The summed E-state index contributed by atoms with van der Waals surface area (Å²) in [6.07, 6.45) is 4.09. The number of rotatable bonds is 5. The van der Waals surface area contributed by atoms with Crippen LogP contribution in [-0.4, -0.2) is 60.3 Å². The summed E-state index contributed by atoms with van der Waals surface area (Å²) in [5, 5.41) is 8.49. The van der Waals surface area contributed by atoms with Crippen LogP contribution in [0.4, 0.5) is 0 Å². The van der Waals surface area contributed by atoms with E-state index in [-0.39, 0.29) is 12.5 Å². The van der Waals surface area contributed by atoms with E-state index in [2.05, 4.69) is 6.92 Å². The van der Waals surface area contributed by atoms with Crippen molar-refractivity contribution in [3.05, 3.63) is 17.9 Å². The fraction of sp³-hybridized carbons (Fsp3) is 0.647. The molecular formula is C17H24N2O6S. The van der Waals surface area contributed by atoms with E-state index in [9.17, 15) is 18.0 Å². The topological polar surface area (TPSA) is 108 Å². The standard InChI is InChI=1S/C17H24N2O6S/c1-2-12-5-3-9-18(11-12)16(20)13-6-4-10-19(13)26(23,24)15-8-7-14(25-15)17(21)22/h7-8,12-13H,2-6,9-11H2,1H3,(H,21,22). The number of likely N-dealkylation sites (tertiary alicyclic amines) is 1. The molecule has 2 aliphatic rings. The largest absolute Gasteiger partial charge is 0.475 e. The predicted molar refractivity (Wildman–Crippen MR) is 92.2 cm³/mol. The maximum Gasteiger partial charge on any atom is 0.371 e. The smallest absolute Gasteiger partial charge is 0.371 e. The molecule has 9 heteroatoms. The van der Waals surface area contributed by atoms with Crippen molar-refractivity contribution in [2.24, 2.45) is 5.92 Å². The molecule has 0 saturated carbocycles. The van der Waals surface area contributed by atoms with Gasteiger partial charge in [-0.3, -0.25) is 4.79 Å². The zero-order valence-electron chi connectivity index (χ0n) is 14.8. The Labute approximate surface area is 152 Å². The Kier molecular flexibility index (Phi) is 5.38. The zero-order chi connectivity index (χ0) is 18.9. The van der Waals surface area contributed by atoms with E-state index >= 15 is 0 Å². The average Bonchev–Trinajstić information content (AvgIpc) is 3.31. The number of aromatic carboxylic acids is 1. The van der Waals surface area contributed by atoms with Gasteiger partial charge in [0.15, 0.2) is 0 Å². The Morgan fingerprint density at radius 2 is 1.96 bits per heavy atom. The molecule has 2 unspecified atom stereocenters. The molecule has 26 heavy (non-hydrogen) atoms. The summed E-state index contributed by atoms with van der Waals surface area (Å²) in [6, 6.07) is 1.50. The first-order valence-electron chi connectivity index (χ1n) is 8.98. The summed E-state index contributed by atoms with van der Waals surface area (Å²) in [7, 11) is -4.05. The van der Waals surface area contributed by atoms with E-state index in [1.807, 2.05) is 0 Å². The van der Waals surface area contributed by atoms with Gasteiger partial charge < -0.3 is 14.4 Å². The van der Waals surface area contributed by atoms with Gasteiger partial charge in [-0.15, -0.1) is 0 Å². The van der Waals surface area contributed by atoms with Crippen molar-refractivity contribution in [1.29, 1.82) is 0 Å². The molecule has 1 aromatic rings. The Morgan fingerprint density at radius 3 is 2.62 bits per heavy atom. The first kappa shape index (κ1) is 18.9. The second-order valence-electron chi connectivity index (χ2n) is 6.90. The van der Waals surface area contributed by atoms with Crippen LogP contribution in [0.3, 0.4) is 0 Å². The van der Waals surface area contributed by atoms with Crippen LogP contribution < -0.4 is 0 Å². The summed E-state index contributed by atoms with van der Waals surface area (Å²) in [6.45, 7) is 3.65. The summed E-state index contributed by atoms with van der Waals surface area (Å²) >= 11 is 0. The van der Waals surface area contributed by atoms with Crippen molar-refractivity contribution in [2.45, 2.75) is 50.2 Å². The number of furan rings is 1. The molecule has 2 fully saturated rings. The zero-order valence-corrected chi connectivity index (χ0v) is 15.6. The van der Waals surface area contributed by atoms with Gasteiger partial charge in [-0.05, 0) is 43.7 Å². The van der Waals surface area contributed by atoms with Crippen LogP contribution in [0.25, 0.3) is 0 Å². The molecule has 0 aromatic carbocycles. The Bertz CT molecular complexity index is 787. The van der Waals surface area contributed by atoms with Crippen LogP contribution in [0, 0.1) is 5.92 Å². The maximum absolute atomic E-state index is 13.0. The van der Waals surface area contributed by atoms with Gasteiger partial charge in [0.25, 0.3) is 10.0 Å². The molecule has 2 saturated heterocycles. The SMILES string of the molecule is CCC1CCCN(C(=O)C2CCCN2S(=O)(=O)c2ccc(C(=O)O)o2)C1. The highest BCUT2D eigenvalue weighted by atomic mass is 32.2. The van der Waals surface area contributed by atoms with Gasteiger partial charge in [-0.25, -0.2) is 13.2 Å². The number of piperidine rings is 1. The fourth-order valence-corrected chi connectivity index (χ4v) is 5.34. The number of amides is 1. The number of hydrogen-bond acceptors (Lipinski definition) is 5. The number of carboxylic acids is 1. The van der Waals surface area contributed by atoms with E-state index in [4.69, 9.17) is 9.52 Å². The molecule has 8 nitrogen and oxygen atoms in total. The van der Waals surface area contributed by atoms with Crippen molar-refractivity contribution in [1.82, 2.24) is 9.21 Å². The molecule has 0 spiro atoms. The Balaban J connectivity index is 1.80. The van der Waals surface area contributed by atoms with Crippen molar-refractivity contribution >= 4 is 21.9 Å². The molecule has 3 heterocycles. The number of hydrogen-bond donors (Lipinski definition) is 1. The lowest BCUT2D eigenvalue weighted by molar-refractivity contribution is -0.136. The van der Waals surface area contributed by atoms with Crippen LogP contribution >= 0.6 is 0 Å². The van der Waals surface area contributed by atoms with E-state index in [1.54, 1.807) is 4.90 Å². The quantitative estimate of drug-likeness (QED) is 0.829. The van der Waals surface area contributed by atoms with Crippen LogP contribution in [0.15, 0.2) is 21.6 Å². The van der Waals surface area contributed by atoms with Crippen LogP contribution in [-0.2, 0) is 14.8 Å². The number of carboxylic acid groups (broad SMARTS) is 1. The predicted octanol–water partition coefficient (Wildman–Crippen LogP) is 1.78. The molecular weight excluding hydrogens is 360 g/mol. The average molecular weight is 384 g/mol. The highest BCUT2D eigenvalue weighted by Crippen LogP contribution is 2.30. The lowest BCUT2D eigenvalue weighted by atomic mass is 9.95. The number of carbonyl (C=O) groups excluding carboxylic acids is 1. The molecule has 0 radical (unpaired) electrons. The second kappa shape index (κ2) is 7.40. The van der Waals surface area contributed by atoms with Crippen molar-refractivity contribution in [3.63, 3.8) is 0 Å². The first-order valence-corrected chi connectivity index (χ1v) is 10.4. The molecule has 144 valence electrons. The Hall–Kier alpha value is -1.87. The van der Waals surface area contributed by atoms with Gasteiger partial charge in [0.05, 0.1) is 0 Å². The van der Waals surface area contributed by atoms with Gasteiger partial charge >= 0.3 is 5.97 Å². The van der Waals surface area contributed by atoms with E-state index in [0.29, 0.717) is 31.8 Å². The molecule has 1 N–H and O–H groups in total. The highest BCUT2D eigenvalue weighted by molar-refractivity contribution is 7.89. The summed E-state index contributed by atoms with van der Waals surface area (Å²) in [5.74, 6) is -1.47. The molecule has 3 rings (SSSR count). The Morgan fingerprint density at radius 1 is 1.23 bits per heavy atom. The lowest BCUT2D eigenvalue weighted by Gasteiger charge is -2.35. The van der Waals surface area contributed by atoms with Crippen LogP contribution in [0.1, 0.15) is 49.6 Å². The molecule has 1 amide bonds. The van der Waals surface area contributed by atoms with Gasteiger partial charge in [0.1, 0.15) is 6.04 Å². The monoisotopic (exact) mass is 384 g/mol. The first-order chi connectivity index (χ1) is 12.3. The minimum Gasteiger partial charge on any atom is -0.475 e. The van der Waals surface area contributed by atoms with Crippen LogP contribution in [0.5, 0.6) is 0 Å². The van der Waals surface area contributed by atoms with Gasteiger partial charge in [-0.2, -0.15) is 4.31 Å². The van der Waals surface area contributed by atoms with Crippen molar-refractivity contribution < 1.29 is 27.5 Å². The summed E-state index contributed by atoms with van der Waals surface area (Å²) in [5.41, 5.74) is 0. The highest BCUT2D eigenvalue weighted by Gasteiger charge is 2.43. The minimum atomic E-state index is -4.05. The minimum absolute atomic E-state index is 0.158. The number of sulfonamides is 1. The normalized spacial score (nSPS) is 24.7. The third-order valence-corrected chi connectivity index (χ3v) is 7.03. The number of nitrogens with zero attached hydrogens (tertiary/aromatic N) is 2. The fourth-order valence-electron chi connectivity index (χ4n) is 3.77. The molecule has 2 atom stereocenters. The van der Waals surface area contributed by atoms with Gasteiger partial charge in [0, 0.05) is 19.6 Å². The third-order valence-electron chi connectivity index (χ3n) is 5.25. The summed E-state index contributed by atoms with van der Waals surface area (Å²) < 4.78 is 31.9. The van der Waals surface area contributed by atoms with Gasteiger partial charge in [-0.1, -0.05) is 13.3 Å². The molecule has 0 bridgehead atoms. The third kappa shape index (κ3) is 3.50. The van der Waals surface area contributed by atoms with Crippen LogP contribution in [0.2, 0.25) is 0 Å². The van der Waals surface area contributed by atoms with Gasteiger partial charge in [0.2, 0.25) is 16.8 Å². The maximum atomic E-state index is 13.0. The molecule has 1 aromatic heterocycles. The number of carbonyl (C=O) groups is 2. The summed E-state index contributed by atoms with van der Waals surface area (Å²) in [4.78, 5) is 25.7. The van der Waals surface area contributed by atoms with E-state index in [0.717, 1.165) is 35.7 Å². The molecule has 0 aliphatic carbocycles. The van der Waals surface area contributed by atoms with E-state index < -0.39 is 32.9 Å². The second-order valence-corrected chi connectivity index (χ2v) is 8.72. The van der Waals surface area contributed by atoms with E-state index in [1.165, 1.54) is 0 Å². The molecule has 2 aliphatic heterocycles. The lowest BCUT2D eigenvalue weighted by Crippen LogP contribution is -2.50.